The van der Waals surface area contributed by atoms with Gasteiger partial charge in [-0.05, 0) is 51.9 Å². The molecule has 1 unspecified atom stereocenters. The number of amides is 1. The van der Waals surface area contributed by atoms with E-state index in [1.54, 1.807) is 6.92 Å². The lowest BCUT2D eigenvalue weighted by molar-refractivity contribution is -0.128. The van der Waals surface area contributed by atoms with Crippen LogP contribution in [0.1, 0.15) is 26.2 Å². The summed E-state index contributed by atoms with van der Waals surface area (Å²) in [6, 6.07) is 0.779. The number of hydrogen-bond donors (Lipinski definition) is 0. The highest BCUT2D eigenvalue weighted by Gasteiger charge is 2.29. The van der Waals surface area contributed by atoms with E-state index in [9.17, 15) is 4.79 Å². The molecule has 4 heteroatoms. The number of likely N-dealkylation sites (N-methyl/N-ethyl adjacent to an activating group) is 1. The van der Waals surface area contributed by atoms with Crippen molar-refractivity contribution in [3.63, 3.8) is 0 Å². The molecule has 2 rings (SSSR count). The zero-order chi connectivity index (χ0) is 13.1. The fourth-order valence-electron chi connectivity index (χ4n) is 3.23. The second-order valence-electron chi connectivity index (χ2n) is 6.08. The van der Waals surface area contributed by atoms with Crippen LogP contribution >= 0.6 is 0 Å². The molecule has 4 nitrogen and oxygen atoms in total. The fraction of sp³-hybridized carbons (Fsp3) is 0.929. The van der Waals surface area contributed by atoms with Gasteiger partial charge in [-0.2, -0.15) is 0 Å². The van der Waals surface area contributed by atoms with Crippen molar-refractivity contribution in [1.29, 1.82) is 0 Å². The minimum atomic E-state index is 0.190. The smallest absolute Gasteiger partial charge is 0.219 e. The molecular formula is C14H27N3O. The van der Waals surface area contributed by atoms with Crippen LogP contribution in [-0.2, 0) is 4.79 Å². The van der Waals surface area contributed by atoms with E-state index in [-0.39, 0.29) is 5.91 Å². The van der Waals surface area contributed by atoms with Gasteiger partial charge in [-0.25, -0.2) is 0 Å². The normalized spacial score (nSPS) is 27.6. The lowest BCUT2D eigenvalue weighted by atomic mass is 9.95. The van der Waals surface area contributed by atoms with E-state index in [0.29, 0.717) is 5.92 Å². The largest absolute Gasteiger partial charge is 0.346 e. The molecule has 2 heterocycles. The number of piperidine rings is 1. The Morgan fingerprint density at radius 2 is 1.89 bits per heavy atom. The summed E-state index contributed by atoms with van der Waals surface area (Å²) >= 11 is 0. The van der Waals surface area contributed by atoms with Gasteiger partial charge in [0.2, 0.25) is 5.91 Å². The molecule has 2 aliphatic rings. The van der Waals surface area contributed by atoms with Crippen LogP contribution in [0.5, 0.6) is 0 Å². The van der Waals surface area contributed by atoms with Crippen LogP contribution in [0.25, 0.3) is 0 Å². The van der Waals surface area contributed by atoms with Crippen LogP contribution in [-0.4, -0.2) is 73.5 Å². The molecule has 2 saturated heterocycles. The van der Waals surface area contributed by atoms with Crippen molar-refractivity contribution in [3.05, 3.63) is 0 Å². The van der Waals surface area contributed by atoms with Crippen LogP contribution in [0.4, 0.5) is 0 Å². The van der Waals surface area contributed by atoms with Gasteiger partial charge in [-0.1, -0.05) is 0 Å². The average molecular weight is 253 g/mol. The molecule has 1 amide bonds. The second-order valence-corrected chi connectivity index (χ2v) is 6.08. The topological polar surface area (TPSA) is 26.8 Å². The zero-order valence-electron chi connectivity index (χ0n) is 12.1. The van der Waals surface area contributed by atoms with E-state index in [2.05, 4.69) is 16.8 Å². The molecule has 0 aromatic heterocycles. The Balaban J connectivity index is 1.73. The molecule has 2 aliphatic heterocycles. The van der Waals surface area contributed by atoms with Gasteiger partial charge in [0.25, 0.3) is 0 Å². The van der Waals surface area contributed by atoms with E-state index < -0.39 is 0 Å². The predicted octanol–water partition coefficient (Wildman–Crippen LogP) is 0.881. The highest BCUT2D eigenvalue weighted by Crippen LogP contribution is 2.23. The van der Waals surface area contributed by atoms with Crippen molar-refractivity contribution in [3.8, 4) is 0 Å². The monoisotopic (exact) mass is 253 g/mol. The molecule has 0 saturated carbocycles. The molecule has 0 aliphatic carbocycles. The molecule has 1 atom stereocenters. The number of likely N-dealkylation sites (tertiary alicyclic amines) is 2. The van der Waals surface area contributed by atoms with Gasteiger partial charge in [-0.15, -0.1) is 0 Å². The number of carbonyl (C=O) groups is 1. The third kappa shape index (κ3) is 3.45. The Morgan fingerprint density at radius 3 is 2.39 bits per heavy atom. The summed E-state index contributed by atoms with van der Waals surface area (Å²) in [6.45, 7) is 7.51. The lowest BCUT2D eigenvalue weighted by Crippen LogP contribution is -2.44. The zero-order valence-corrected chi connectivity index (χ0v) is 12.1. The van der Waals surface area contributed by atoms with Gasteiger partial charge in [0, 0.05) is 33.1 Å². The van der Waals surface area contributed by atoms with Gasteiger partial charge in [0.05, 0.1) is 0 Å². The van der Waals surface area contributed by atoms with Crippen molar-refractivity contribution in [2.24, 2.45) is 5.92 Å². The van der Waals surface area contributed by atoms with Crippen LogP contribution in [0.15, 0.2) is 0 Å². The highest BCUT2D eigenvalue weighted by molar-refractivity contribution is 5.72. The summed E-state index contributed by atoms with van der Waals surface area (Å²) in [6.07, 6.45) is 3.82. The third-order valence-electron chi connectivity index (χ3n) is 4.60. The fourth-order valence-corrected chi connectivity index (χ4v) is 3.23. The SMILES string of the molecule is CC(=O)N(C)CC1CCN(C2CCN(C)C2)CC1. The first-order valence-electron chi connectivity index (χ1n) is 7.20. The van der Waals surface area contributed by atoms with Crippen LogP contribution in [0.2, 0.25) is 0 Å². The maximum absolute atomic E-state index is 11.2. The van der Waals surface area contributed by atoms with Crippen LogP contribution in [0, 0.1) is 5.92 Å². The maximum atomic E-state index is 11.2. The molecule has 0 aromatic carbocycles. The van der Waals surface area contributed by atoms with Crippen molar-refractivity contribution in [1.82, 2.24) is 14.7 Å². The molecule has 0 radical (unpaired) electrons. The molecule has 0 aromatic rings. The summed E-state index contributed by atoms with van der Waals surface area (Å²) in [7, 11) is 4.13. The van der Waals surface area contributed by atoms with Crippen molar-refractivity contribution >= 4 is 5.91 Å². The number of nitrogens with zero attached hydrogens (tertiary/aromatic N) is 3. The van der Waals surface area contributed by atoms with E-state index in [4.69, 9.17) is 0 Å². The average Bonchev–Trinajstić information content (AvgIpc) is 2.76. The maximum Gasteiger partial charge on any atom is 0.219 e. The molecule has 2 fully saturated rings. The standard InChI is InChI=1S/C14H27N3O/c1-12(18)16(3)10-13-4-8-17(9-5-13)14-6-7-15(2)11-14/h13-14H,4-11H2,1-3H3. The van der Waals surface area contributed by atoms with Gasteiger partial charge in [0.15, 0.2) is 0 Å². The van der Waals surface area contributed by atoms with Crippen LogP contribution in [0.3, 0.4) is 0 Å². The molecule has 0 N–H and O–H groups in total. The van der Waals surface area contributed by atoms with Crippen molar-refractivity contribution in [2.45, 2.75) is 32.2 Å². The quantitative estimate of drug-likeness (QED) is 0.747. The third-order valence-corrected chi connectivity index (χ3v) is 4.60. The second kappa shape index (κ2) is 6.02. The summed E-state index contributed by atoms with van der Waals surface area (Å²) in [5.41, 5.74) is 0. The first-order chi connectivity index (χ1) is 8.56. The predicted molar refractivity (Wildman–Crippen MR) is 73.5 cm³/mol. The van der Waals surface area contributed by atoms with Crippen LogP contribution < -0.4 is 0 Å². The molecule has 0 spiro atoms. The first-order valence-corrected chi connectivity index (χ1v) is 7.20. The number of carbonyl (C=O) groups excluding carboxylic acids is 1. The van der Waals surface area contributed by atoms with E-state index in [1.165, 1.54) is 45.4 Å². The van der Waals surface area contributed by atoms with E-state index in [1.807, 2.05) is 11.9 Å². The van der Waals surface area contributed by atoms with E-state index in [0.717, 1.165) is 12.6 Å². The first kappa shape index (κ1) is 13.8. The molecule has 18 heavy (non-hydrogen) atoms. The van der Waals surface area contributed by atoms with E-state index >= 15 is 0 Å². The molecular weight excluding hydrogens is 226 g/mol. The number of hydrogen-bond acceptors (Lipinski definition) is 3. The Bertz CT molecular complexity index is 287. The van der Waals surface area contributed by atoms with Gasteiger partial charge in [-0.3, -0.25) is 9.69 Å². The Morgan fingerprint density at radius 1 is 1.22 bits per heavy atom. The number of rotatable bonds is 3. The lowest BCUT2D eigenvalue weighted by Gasteiger charge is -2.37. The highest BCUT2D eigenvalue weighted by atomic mass is 16.2. The summed E-state index contributed by atoms with van der Waals surface area (Å²) in [5, 5.41) is 0. The van der Waals surface area contributed by atoms with Gasteiger partial charge in [0.1, 0.15) is 0 Å². The summed E-state index contributed by atoms with van der Waals surface area (Å²) in [4.78, 5) is 18.2. The Hall–Kier alpha value is -0.610. The van der Waals surface area contributed by atoms with Gasteiger partial charge < -0.3 is 9.80 Å². The Labute approximate surface area is 111 Å². The minimum Gasteiger partial charge on any atom is -0.346 e. The molecule has 0 bridgehead atoms. The van der Waals surface area contributed by atoms with Crippen molar-refractivity contribution < 1.29 is 4.79 Å². The summed E-state index contributed by atoms with van der Waals surface area (Å²) in [5.74, 6) is 0.893. The Kier molecular flexibility index (Phi) is 4.62. The van der Waals surface area contributed by atoms with Crippen molar-refractivity contribution in [2.75, 3.05) is 46.8 Å². The van der Waals surface area contributed by atoms with Gasteiger partial charge >= 0.3 is 0 Å². The molecule has 104 valence electrons. The minimum absolute atomic E-state index is 0.190. The summed E-state index contributed by atoms with van der Waals surface area (Å²) < 4.78 is 0.